The number of thiol groups is 1. The fraction of sp³-hybridized carbons (Fsp3) is 0.750. The summed E-state index contributed by atoms with van der Waals surface area (Å²) < 4.78 is 26.6. The molecule has 0 aliphatic carbocycles. The van der Waals surface area contributed by atoms with Crippen LogP contribution in [0.4, 0.5) is 0 Å². The third-order valence-electron chi connectivity index (χ3n) is 1.64. The number of nitrogens with two attached hydrogens (primary N) is 2. The molecule has 3 atom stereocenters. The molecule has 0 aliphatic rings. The minimum atomic E-state index is -3.88. The minimum absolute atomic E-state index is 0.229. The van der Waals surface area contributed by atoms with Crippen LogP contribution in [-0.2, 0) is 19.7 Å². The first-order chi connectivity index (χ1) is 9.39. The van der Waals surface area contributed by atoms with E-state index in [2.05, 4.69) is 12.6 Å². The van der Waals surface area contributed by atoms with E-state index in [-0.39, 0.29) is 11.5 Å². The summed E-state index contributed by atoms with van der Waals surface area (Å²) in [5.41, 5.74) is 10.4. The largest absolute Gasteiger partial charge is 0.480 e. The maximum atomic E-state index is 10.3. The highest BCUT2D eigenvalue weighted by Crippen LogP contribution is 2.22. The lowest BCUT2D eigenvalue weighted by atomic mass is 10.4. The first-order valence-electron chi connectivity index (χ1n) is 5.25. The second-order valence-corrected chi connectivity index (χ2v) is 8.99. The molecule has 0 aromatic carbocycles. The van der Waals surface area contributed by atoms with Crippen LogP contribution in [0.15, 0.2) is 0 Å². The molecule has 0 aromatic heterocycles. The van der Waals surface area contributed by atoms with Gasteiger partial charge >= 0.3 is 11.9 Å². The van der Waals surface area contributed by atoms with Crippen LogP contribution in [0.3, 0.4) is 0 Å². The second-order valence-electron chi connectivity index (χ2n) is 3.57. The Morgan fingerprint density at radius 3 is 1.48 bits per heavy atom. The van der Waals surface area contributed by atoms with E-state index in [1.807, 2.05) is 0 Å². The summed E-state index contributed by atoms with van der Waals surface area (Å²) >= 11 is 3.44. The van der Waals surface area contributed by atoms with Gasteiger partial charge in [-0.1, -0.05) is 21.6 Å². The van der Waals surface area contributed by atoms with Crippen molar-refractivity contribution in [3.8, 4) is 0 Å². The summed E-state index contributed by atoms with van der Waals surface area (Å²) in [5, 5.41) is 16.8. The van der Waals surface area contributed by atoms with Crippen molar-refractivity contribution in [3.63, 3.8) is 0 Å². The molecule has 0 spiro atoms. The Morgan fingerprint density at radius 1 is 1.10 bits per heavy atom. The Balaban J connectivity index is 0. The van der Waals surface area contributed by atoms with Gasteiger partial charge in [0.25, 0.3) is 10.1 Å². The molecule has 0 aliphatic heterocycles. The molecule has 126 valence electrons. The van der Waals surface area contributed by atoms with Gasteiger partial charge in [0.2, 0.25) is 0 Å². The van der Waals surface area contributed by atoms with Crippen LogP contribution in [-0.4, -0.2) is 63.3 Å². The minimum Gasteiger partial charge on any atom is -0.480 e. The summed E-state index contributed by atoms with van der Waals surface area (Å²) in [6.07, 6.45) is 0. The SMILES string of the molecule is CC(S)S(=O)(=O)O.NC(CSSCC(N)C(=O)O)C(=O)O. The number of carboxylic acid groups (broad SMARTS) is 2. The fourth-order valence-corrected chi connectivity index (χ4v) is 2.61. The van der Waals surface area contributed by atoms with Gasteiger partial charge < -0.3 is 21.7 Å². The van der Waals surface area contributed by atoms with E-state index in [9.17, 15) is 18.0 Å². The molecular weight excluding hydrogens is 364 g/mol. The van der Waals surface area contributed by atoms with Crippen molar-refractivity contribution >= 4 is 56.3 Å². The Kier molecular flexibility index (Phi) is 12.5. The van der Waals surface area contributed by atoms with Gasteiger partial charge in [0, 0.05) is 11.5 Å². The van der Waals surface area contributed by atoms with Gasteiger partial charge in [-0.05, 0) is 6.92 Å². The molecule has 0 amide bonds. The van der Waals surface area contributed by atoms with Gasteiger partial charge in [0.05, 0.1) is 0 Å². The number of hydrogen-bond donors (Lipinski definition) is 6. The molecule has 0 saturated carbocycles. The standard InChI is InChI=1S/C6H12N2O4S2.C2H6O3S2/c7-3(5(9)10)1-13-14-2-4(8)6(11)12;1-2(6)7(3,4)5/h3-4H,1-2,7-8H2,(H,9,10)(H,11,12);2,6H,1H3,(H,3,4,5). The predicted octanol–water partition coefficient (Wildman–Crippen LogP) is -0.658. The van der Waals surface area contributed by atoms with Crippen LogP contribution in [0.5, 0.6) is 0 Å². The zero-order chi connectivity index (χ0) is 17.2. The van der Waals surface area contributed by atoms with Gasteiger partial charge in [-0.25, -0.2) is 0 Å². The van der Waals surface area contributed by atoms with E-state index in [4.69, 9.17) is 26.2 Å². The third kappa shape index (κ3) is 14.5. The Labute approximate surface area is 135 Å². The number of hydrogen-bond acceptors (Lipinski definition) is 9. The molecule has 7 N–H and O–H groups in total. The molecule has 3 unspecified atom stereocenters. The van der Waals surface area contributed by atoms with Gasteiger partial charge in [-0.2, -0.15) is 21.0 Å². The topological polar surface area (TPSA) is 181 Å². The number of carboxylic acids is 2. The van der Waals surface area contributed by atoms with E-state index < -0.39 is 38.7 Å². The molecule has 0 heterocycles. The number of rotatable bonds is 8. The normalized spacial score (nSPS) is 15.3. The highest BCUT2D eigenvalue weighted by molar-refractivity contribution is 8.76. The van der Waals surface area contributed by atoms with Crippen molar-refractivity contribution in [2.75, 3.05) is 11.5 Å². The average Bonchev–Trinajstić information content (AvgIpc) is 2.33. The molecule has 0 saturated heterocycles. The van der Waals surface area contributed by atoms with Crippen LogP contribution >= 0.6 is 34.2 Å². The molecule has 0 bridgehead atoms. The van der Waals surface area contributed by atoms with Crippen molar-refractivity contribution in [1.82, 2.24) is 0 Å². The van der Waals surface area contributed by atoms with Crippen LogP contribution in [0, 0.1) is 0 Å². The number of carbonyl (C=O) groups is 2. The highest BCUT2D eigenvalue weighted by atomic mass is 33.1. The lowest BCUT2D eigenvalue weighted by Gasteiger charge is -2.07. The summed E-state index contributed by atoms with van der Waals surface area (Å²) in [6.45, 7) is 1.28. The first-order valence-corrected chi connectivity index (χ1v) is 9.75. The van der Waals surface area contributed by atoms with E-state index in [1.165, 1.54) is 28.5 Å². The van der Waals surface area contributed by atoms with E-state index in [0.717, 1.165) is 0 Å². The van der Waals surface area contributed by atoms with Crippen molar-refractivity contribution < 1.29 is 32.8 Å². The average molecular weight is 383 g/mol. The van der Waals surface area contributed by atoms with Crippen LogP contribution in [0.25, 0.3) is 0 Å². The molecule has 0 radical (unpaired) electrons. The smallest absolute Gasteiger partial charge is 0.321 e. The van der Waals surface area contributed by atoms with Crippen molar-refractivity contribution in [1.29, 1.82) is 0 Å². The molecule has 0 fully saturated rings. The Bertz CT molecular complexity index is 406. The van der Waals surface area contributed by atoms with Gasteiger partial charge in [-0.15, -0.1) is 0 Å². The summed E-state index contributed by atoms with van der Waals surface area (Å²) in [4.78, 5) is 20.5. The maximum absolute atomic E-state index is 10.3. The van der Waals surface area contributed by atoms with E-state index in [1.54, 1.807) is 0 Å². The Hall–Kier alpha value is -0.180. The summed E-state index contributed by atoms with van der Waals surface area (Å²) in [6, 6.07) is -1.85. The first kappa shape index (κ1) is 23.1. The molecule has 13 heteroatoms. The molecule has 0 rings (SSSR count). The van der Waals surface area contributed by atoms with Crippen LogP contribution in [0.2, 0.25) is 0 Å². The monoisotopic (exact) mass is 382 g/mol. The zero-order valence-corrected chi connectivity index (χ0v) is 14.3. The summed E-state index contributed by atoms with van der Waals surface area (Å²) in [7, 11) is -1.47. The third-order valence-corrected chi connectivity index (χ3v) is 5.78. The highest BCUT2D eigenvalue weighted by Gasteiger charge is 2.14. The van der Waals surface area contributed by atoms with Crippen LogP contribution in [0.1, 0.15) is 6.92 Å². The predicted molar refractivity (Wildman–Crippen MR) is 86.1 cm³/mol. The molecule has 9 nitrogen and oxygen atoms in total. The lowest BCUT2D eigenvalue weighted by Crippen LogP contribution is -2.33. The zero-order valence-electron chi connectivity index (χ0n) is 10.9. The Morgan fingerprint density at radius 2 is 1.33 bits per heavy atom. The number of aliphatic carboxylic acids is 2. The van der Waals surface area contributed by atoms with E-state index >= 15 is 0 Å². The summed E-state index contributed by atoms with van der Waals surface area (Å²) in [5.74, 6) is -1.68. The maximum Gasteiger partial charge on any atom is 0.321 e. The van der Waals surface area contributed by atoms with E-state index in [0.29, 0.717) is 0 Å². The van der Waals surface area contributed by atoms with Gasteiger partial charge in [0.1, 0.15) is 16.7 Å². The van der Waals surface area contributed by atoms with Gasteiger partial charge in [-0.3, -0.25) is 14.1 Å². The van der Waals surface area contributed by atoms with Crippen molar-refractivity contribution in [2.45, 2.75) is 23.6 Å². The molecule has 21 heavy (non-hydrogen) atoms. The lowest BCUT2D eigenvalue weighted by molar-refractivity contribution is -0.138. The van der Waals surface area contributed by atoms with Gasteiger partial charge in [0.15, 0.2) is 0 Å². The second kappa shape index (κ2) is 11.4. The van der Waals surface area contributed by atoms with Crippen molar-refractivity contribution in [2.24, 2.45) is 11.5 Å². The quantitative estimate of drug-likeness (QED) is 0.136. The molecular formula is C8H18N2O7S4. The molecule has 0 aromatic rings. The van der Waals surface area contributed by atoms with Crippen LogP contribution < -0.4 is 11.5 Å². The van der Waals surface area contributed by atoms with Crippen molar-refractivity contribution in [3.05, 3.63) is 0 Å². The fourth-order valence-electron chi connectivity index (χ4n) is 0.385.